The maximum atomic E-state index is 11.7. The predicted octanol–water partition coefficient (Wildman–Crippen LogP) is 3.32. The highest BCUT2D eigenvalue weighted by Gasteiger charge is 2.28. The van der Waals surface area contributed by atoms with Crippen LogP contribution in [0.2, 0.25) is 0 Å². The average Bonchev–Trinajstić information content (AvgIpc) is 3.55. The van der Waals surface area contributed by atoms with Gasteiger partial charge in [0.25, 0.3) is 0 Å². The summed E-state index contributed by atoms with van der Waals surface area (Å²) in [5.41, 5.74) is 2.94. The van der Waals surface area contributed by atoms with E-state index in [0.29, 0.717) is 36.3 Å². The fourth-order valence-corrected chi connectivity index (χ4v) is 3.30. The number of nitrogens with one attached hydrogen (secondary N) is 1. The number of hydrogen-bond acceptors (Lipinski definition) is 7. The zero-order chi connectivity index (χ0) is 20.4. The van der Waals surface area contributed by atoms with Crippen molar-refractivity contribution in [3.63, 3.8) is 0 Å². The summed E-state index contributed by atoms with van der Waals surface area (Å²) in [4.78, 5) is 20.3. The number of carboxylic acids is 1. The third kappa shape index (κ3) is 4.38. The van der Waals surface area contributed by atoms with E-state index >= 15 is 0 Å². The van der Waals surface area contributed by atoms with Crippen LogP contribution in [-0.2, 0) is 4.74 Å². The molecule has 0 bridgehead atoms. The first-order chi connectivity index (χ1) is 14.0. The summed E-state index contributed by atoms with van der Waals surface area (Å²) in [6, 6.07) is 5.50. The summed E-state index contributed by atoms with van der Waals surface area (Å²) in [5.74, 6) is -0.285. The standard InChI is InChI=1S/C21H23N3O5/c1-12(25)29-19-15(13-7-9-28-10-8-13)3-2-4-16(19)24-20-18(21(26)27)23-17(11-22-20)14-5-6-14/h2-4,7,11-12,14,25H,5-6,8-10H2,1H3,(H,22,24)(H,26,27)/t12-/m0/s1. The summed E-state index contributed by atoms with van der Waals surface area (Å²) in [6.07, 6.45) is 5.29. The molecule has 1 atom stereocenters. The van der Waals surface area contributed by atoms with Crippen LogP contribution in [0.3, 0.4) is 0 Å². The van der Waals surface area contributed by atoms with Gasteiger partial charge in [-0.2, -0.15) is 0 Å². The fraction of sp³-hybridized carbons (Fsp3) is 0.381. The van der Waals surface area contributed by atoms with E-state index < -0.39 is 12.3 Å². The number of rotatable bonds is 7. The molecule has 1 aliphatic carbocycles. The van der Waals surface area contributed by atoms with Gasteiger partial charge in [0.2, 0.25) is 0 Å². The van der Waals surface area contributed by atoms with E-state index in [0.717, 1.165) is 30.4 Å². The molecule has 2 aromatic rings. The van der Waals surface area contributed by atoms with E-state index in [4.69, 9.17) is 9.47 Å². The zero-order valence-electron chi connectivity index (χ0n) is 16.1. The number of aromatic carboxylic acids is 1. The number of ether oxygens (including phenoxy) is 2. The van der Waals surface area contributed by atoms with Gasteiger partial charge < -0.3 is 25.0 Å². The van der Waals surface area contributed by atoms with Gasteiger partial charge in [0.15, 0.2) is 23.6 Å². The number of aromatic nitrogens is 2. The molecule has 3 N–H and O–H groups in total. The number of carbonyl (C=O) groups is 1. The number of nitrogens with zero attached hydrogens (tertiary/aromatic N) is 2. The molecular formula is C21H23N3O5. The Morgan fingerprint density at radius 1 is 1.38 bits per heavy atom. The lowest BCUT2D eigenvalue weighted by Gasteiger charge is -2.21. The van der Waals surface area contributed by atoms with Crippen LogP contribution >= 0.6 is 0 Å². The van der Waals surface area contributed by atoms with Gasteiger partial charge in [0.05, 0.1) is 30.8 Å². The van der Waals surface area contributed by atoms with Crippen molar-refractivity contribution in [2.24, 2.45) is 0 Å². The highest BCUT2D eigenvalue weighted by Crippen LogP contribution is 2.40. The molecule has 29 heavy (non-hydrogen) atoms. The molecule has 0 saturated heterocycles. The number of para-hydroxylation sites is 1. The van der Waals surface area contributed by atoms with Crippen molar-refractivity contribution in [1.82, 2.24) is 9.97 Å². The Morgan fingerprint density at radius 3 is 2.86 bits per heavy atom. The molecule has 1 aromatic heterocycles. The van der Waals surface area contributed by atoms with Crippen LogP contribution in [0.1, 0.15) is 53.8 Å². The first-order valence-corrected chi connectivity index (χ1v) is 9.65. The topological polar surface area (TPSA) is 114 Å². The highest BCUT2D eigenvalue weighted by atomic mass is 16.6. The van der Waals surface area contributed by atoms with Crippen molar-refractivity contribution < 1.29 is 24.5 Å². The van der Waals surface area contributed by atoms with Gasteiger partial charge >= 0.3 is 5.97 Å². The maximum absolute atomic E-state index is 11.7. The Hall–Kier alpha value is -2.97. The lowest BCUT2D eigenvalue weighted by molar-refractivity contribution is -0.00000554. The van der Waals surface area contributed by atoms with Gasteiger partial charge in [-0.3, -0.25) is 0 Å². The first-order valence-electron chi connectivity index (χ1n) is 9.65. The van der Waals surface area contributed by atoms with Crippen molar-refractivity contribution in [2.75, 3.05) is 18.5 Å². The molecule has 1 aliphatic heterocycles. The average molecular weight is 397 g/mol. The van der Waals surface area contributed by atoms with Gasteiger partial charge in [-0.05, 0) is 37.8 Å². The molecule has 2 heterocycles. The van der Waals surface area contributed by atoms with E-state index in [1.807, 2.05) is 18.2 Å². The van der Waals surface area contributed by atoms with E-state index in [1.54, 1.807) is 12.3 Å². The van der Waals surface area contributed by atoms with Gasteiger partial charge in [0.1, 0.15) is 0 Å². The quantitative estimate of drug-likeness (QED) is 0.610. The van der Waals surface area contributed by atoms with Crippen molar-refractivity contribution in [3.05, 3.63) is 47.4 Å². The second-order valence-electron chi connectivity index (χ2n) is 7.15. The highest BCUT2D eigenvalue weighted by molar-refractivity contribution is 5.92. The number of hydrogen-bond donors (Lipinski definition) is 3. The molecule has 0 radical (unpaired) electrons. The summed E-state index contributed by atoms with van der Waals surface area (Å²) >= 11 is 0. The number of anilines is 2. The van der Waals surface area contributed by atoms with Crippen LogP contribution in [0.5, 0.6) is 5.75 Å². The van der Waals surface area contributed by atoms with Crippen LogP contribution in [-0.4, -0.2) is 45.7 Å². The van der Waals surface area contributed by atoms with E-state index in [9.17, 15) is 15.0 Å². The zero-order valence-corrected chi connectivity index (χ0v) is 16.1. The first kappa shape index (κ1) is 19.4. The largest absolute Gasteiger partial charge is 0.476 e. The summed E-state index contributed by atoms with van der Waals surface area (Å²) in [5, 5.41) is 22.5. The smallest absolute Gasteiger partial charge is 0.358 e. The molecular weight excluding hydrogens is 374 g/mol. The Balaban J connectivity index is 1.73. The summed E-state index contributed by atoms with van der Waals surface area (Å²) in [6.45, 7) is 2.64. The second-order valence-corrected chi connectivity index (χ2v) is 7.15. The Labute approximate surface area is 168 Å². The van der Waals surface area contributed by atoms with Crippen LogP contribution in [0.25, 0.3) is 5.57 Å². The number of aliphatic hydroxyl groups excluding tert-OH is 1. The normalized spacial score (nSPS) is 17.4. The molecule has 1 saturated carbocycles. The van der Waals surface area contributed by atoms with Crippen LogP contribution in [0.4, 0.5) is 11.5 Å². The Kier molecular flexibility index (Phi) is 5.46. The lowest BCUT2D eigenvalue weighted by atomic mass is 9.99. The third-order valence-electron chi connectivity index (χ3n) is 4.86. The Bertz CT molecular complexity index is 953. The fourth-order valence-electron chi connectivity index (χ4n) is 3.30. The maximum Gasteiger partial charge on any atom is 0.358 e. The minimum absolute atomic E-state index is 0.131. The summed E-state index contributed by atoms with van der Waals surface area (Å²) in [7, 11) is 0. The molecule has 8 heteroatoms. The second kappa shape index (κ2) is 8.18. The molecule has 1 fully saturated rings. The molecule has 0 unspecified atom stereocenters. The molecule has 0 amide bonds. The molecule has 152 valence electrons. The molecule has 2 aliphatic rings. The van der Waals surface area contributed by atoms with Crippen LogP contribution in [0.15, 0.2) is 30.5 Å². The number of carboxylic acid groups (broad SMARTS) is 1. The summed E-state index contributed by atoms with van der Waals surface area (Å²) < 4.78 is 11.1. The molecule has 1 aromatic carbocycles. The number of aliphatic hydroxyl groups is 1. The van der Waals surface area contributed by atoms with Gasteiger partial charge in [-0.1, -0.05) is 18.2 Å². The van der Waals surface area contributed by atoms with Crippen molar-refractivity contribution in [2.45, 2.75) is 38.4 Å². The van der Waals surface area contributed by atoms with E-state index in [-0.39, 0.29) is 11.5 Å². The van der Waals surface area contributed by atoms with Gasteiger partial charge in [-0.15, -0.1) is 0 Å². The number of benzene rings is 1. The predicted molar refractivity (Wildman–Crippen MR) is 106 cm³/mol. The Morgan fingerprint density at radius 2 is 2.21 bits per heavy atom. The third-order valence-corrected chi connectivity index (χ3v) is 4.86. The van der Waals surface area contributed by atoms with Crippen LogP contribution < -0.4 is 10.1 Å². The monoisotopic (exact) mass is 397 g/mol. The lowest BCUT2D eigenvalue weighted by Crippen LogP contribution is -2.15. The van der Waals surface area contributed by atoms with E-state index in [1.165, 1.54) is 6.92 Å². The van der Waals surface area contributed by atoms with Crippen molar-refractivity contribution >= 4 is 23.0 Å². The van der Waals surface area contributed by atoms with Gasteiger partial charge in [0, 0.05) is 11.5 Å². The molecule has 4 rings (SSSR count). The SMILES string of the molecule is C[C@@H](O)Oc1c(Nc2ncc(C3CC3)nc2C(=O)O)cccc1C1=CCOCC1. The molecule has 0 spiro atoms. The van der Waals surface area contributed by atoms with Crippen molar-refractivity contribution in [1.29, 1.82) is 0 Å². The van der Waals surface area contributed by atoms with Crippen molar-refractivity contribution in [3.8, 4) is 5.75 Å². The van der Waals surface area contributed by atoms with Crippen LogP contribution in [0, 0.1) is 0 Å². The minimum Gasteiger partial charge on any atom is -0.476 e. The van der Waals surface area contributed by atoms with Gasteiger partial charge in [-0.25, -0.2) is 14.8 Å². The molecule has 8 nitrogen and oxygen atoms in total. The van der Waals surface area contributed by atoms with E-state index in [2.05, 4.69) is 15.3 Å². The minimum atomic E-state index is -1.15.